The Bertz CT molecular complexity index is 3300. The maximum Gasteiger partial charge on any atom is 0.417 e. The average molecular weight is 1250 g/mol. The first-order valence-electron chi connectivity index (χ1n) is 30.5. The van der Waals surface area contributed by atoms with Crippen LogP contribution in [0, 0.1) is 5.92 Å². The molecule has 8 rings (SSSR count). The minimum atomic E-state index is -1.35. The summed E-state index contributed by atoms with van der Waals surface area (Å²) in [5.41, 5.74) is 7.64. The lowest BCUT2D eigenvalue weighted by Gasteiger charge is -2.33. The van der Waals surface area contributed by atoms with Gasteiger partial charge in [-0.25, -0.2) is 14.5 Å². The molecular formula is C65H82ClN9O14. The smallest absolute Gasteiger partial charge is 0.417 e. The summed E-state index contributed by atoms with van der Waals surface area (Å²) in [5.74, 6) is -1.61. The molecule has 4 aliphatic heterocycles. The van der Waals surface area contributed by atoms with Gasteiger partial charge in [0.25, 0.3) is 17.7 Å². The number of aliphatic hydroxyl groups is 1. The molecule has 478 valence electrons. The van der Waals surface area contributed by atoms with Crippen molar-refractivity contribution in [2.45, 2.75) is 154 Å². The number of anilines is 3. The lowest BCUT2D eigenvalue weighted by molar-refractivity contribution is -0.137. The monoisotopic (exact) mass is 1250 g/mol. The Balaban J connectivity index is 0.862. The SMILES string of the molecule is COc1cc2c(cc1OCCCCCC(=O)N1C[C@@H](CCl)c3c1cc(OCc1ccc(NC(=O)[C@H](CCCNC(N)=O)NC(=O)[C@@H](NC(=O)CCCCCN4C(=O)C=CC4=O)C(C)C)cc1)c1ccccc31)N(C(=O)OC(C)(C)C)[C@@H](O)C1CCCN1C2=O. The fourth-order valence-electron chi connectivity index (χ4n) is 11.6. The fraction of sp³-hybridized carbons (Fsp3) is 0.492. The van der Waals surface area contributed by atoms with Gasteiger partial charge in [0.15, 0.2) is 17.7 Å². The minimum Gasteiger partial charge on any atom is -0.493 e. The number of nitrogens with one attached hydrogen (secondary N) is 4. The number of carbonyl (C=O) groups is 9. The summed E-state index contributed by atoms with van der Waals surface area (Å²) >= 11 is 6.62. The number of ether oxygens (including phenoxy) is 4. The van der Waals surface area contributed by atoms with Gasteiger partial charge < -0.3 is 60.9 Å². The molecule has 89 heavy (non-hydrogen) atoms. The number of hydrogen-bond donors (Lipinski definition) is 6. The summed E-state index contributed by atoms with van der Waals surface area (Å²) in [4.78, 5) is 123. The number of halogens is 1. The van der Waals surface area contributed by atoms with Crippen molar-refractivity contribution in [2.75, 3.05) is 60.9 Å². The maximum absolute atomic E-state index is 14.2. The van der Waals surface area contributed by atoms with E-state index in [1.54, 1.807) is 74.8 Å². The summed E-state index contributed by atoms with van der Waals surface area (Å²) < 4.78 is 24.1. The van der Waals surface area contributed by atoms with E-state index in [9.17, 15) is 48.3 Å². The van der Waals surface area contributed by atoms with Crippen molar-refractivity contribution in [3.8, 4) is 17.2 Å². The van der Waals surface area contributed by atoms with Crippen LogP contribution in [0.5, 0.6) is 17.2 Å². The summed E-state index contributed by atoms with van der Waals surface area (Å²) in [5, 5.41) is 24.4. The van der Waals surface area contributed by atoms with E-state index < -0.39 is 53.9 Å². The molecule has 5 atom stereocenters. The molecule has 0 spiro atoms. The Morgan fingerprint density at radius 2 is 1.49 bits per heavy atom. The predicted molar refractivity (Wildman–Crippen MR) is 335 cm³/mol. The number of rotatable bonds is 28. The quantitative estimate of drug-likeness (QED) is 0.0179. The van der Waals surface area contributed by atoms with E-state index >= 15 is 0 Å². The van der Waals surface area contributed by atoms with Crippen LogP contribution in [0.3, 0.4) is 0 Å². The molecule has 7 N–H and O–H groups in total. The number of benzene rings is 4. The second-order valence-electron chi connectivity index (χ2n) is 24.1. The summed E-state index contributed by atoms with van der Waals surface area (Å²) in [6.07, 6.45) is 5.61. The van der Waals surface area contributed by atoms with Gasteiger partial charge in [0.05, 0.1) is 36.7 Å². The minimum absolute atomic E-state index is 0.0703. The normalized spacial score (nSPS) is 17.6. The molecular weight excluding hydrogens is 1170 g/mol. The van der Waals surface area contributed by atoms with Crippen molar-refractivity contribution < 1.29 is 67.2 Å². The number of imide groups is 1. The molecule has 4 aromatic carbocycles. The summed E-state index contributed by atoms with van der Waals surface area (Å²) in [6.45, 7) is 10.3. The molecule has 0 bridgehead atoms. The van der Waals surface area contributed by atoms with Crippen molar-refractivity contribution in [3.63, 3.8) is 0 Å². The lowest BCUT2D eigenvalue weighted by Crippen LogP contribution is -2.54. The maximum atomic E-state index is 14.2. The Morgan fingerprint density at radius 3 is 2.18 bits per heavy atom. The number of hydrogen-bond acceptors (Lipinski definition) is 14. The standard InChI is InChI=1S/C65H82ClN9O14/c1-39(2)58(71-53(76)21-9-7-13-30-73-55(78)27-28-56(73)79)60(81)70-46(19-15-29-68-63(67)84)59(80)69-42-25-23-40(24-26-42)38-88-50-35-49-57(44-18-12-11-17-43(44)50)41(36-66)37-74(49)54(77)22-10-8-14-32-87-52-34-48-45(33-51(52)86-6)61(82)72-31-16-20-47(72)62(83)75(48)64(85)89-65(3,4)5/h11-12,17-18,23-28,33-35,39,41,46-47,58,62,83H,7-10,13-16,19-22,29-32,36-38H2,1-6H3,(H,69,80)(H,70,81)(H,71,76)(H3,67,68,84)/t41-,46+,47?,58+,62+/m1/s1. The van der Waals surface area contributed by atoms with Crippen LogP contribution in [0.15, 0.2) is 78.9 Å². The topological polar surface area (TPSA) is 298 Å². The Labute approximate surface area is 523 Å². The first-order valence-corrected chi connectivity index (χ1v) is 31.1. The molecule has 4 heterocycles. The third-order valence-electron chi connectivity index (χ3n) is 16.1. The van der Waals surface area contributed by atoms with Crippen LogP contribution >= 0.6 is 11.6 Å². The van der Waals surface area contributed by atoms with Gasteiger partial charge in [0.1, 0.15) is 30.0 Å². The molecule has 10 amide bonds. The number of aliphatic hydroxyl groups excluding tert-OH is 1. The van der Waals surface area contributed by atoms with Crippen molar-refractivity contribution in [1.82, 2.24) is 25.8 Å². The molecule has 4 aromatic rings. The van der Waals surface area contributed by atoms with Crippen molar-refractivity contribution >= 4 is 92.9 Å². The summed E-state index contributed by atoms with van der Waals surface area (Å²) in [7, 11) is 1.46. The van der Waals surface area contributed by atoms with Gasteiger partial charge in [-0.3, -0.25) is 38.5 Å². The van der Waals surface area contributed by atoms with Crippen LogP contribution in [-0.4, -0.2) is 144 Å². The summed E-state index contributed by atoms with van der Waals surface area (Å²) in [6, 6.07) is 16.5. The number of nitrogens with two attached hydrogens (primary N) is 1. The van der Waals surface area contributed by atoms with E-state index in [2.05, 4.69) is 21.3 Å². The van der Waals surface area contributed by atoms with E-state index in [0.29, 0.717) is 88.2 Å². The zero-order valence-electron chi connectivity index (χ0n) is 51.4. The molecule has 0 saturated carbocycles. The Morgan fingerprint density at radius 1 is 0.798 bits per heavy atom. The first-order chi connectivity index (χ1) is 42.6. The van der Waals surface area contributed by atoms with E-state index in [4.69, 9.17) is 36.3 Å². The van der Waals surface area contributed by atoms with Crippen molar-refractivity contribution in [1.29, 1.82) is 0 Å². The van der Waals surface area contributed by atoms with Crippen LogP contribution < -0.4 is 51.0 Å². The van der Waals surface area contributed by atoms with Crippen LogP contribution in [-0.2, 0) is 40.1 Å². The number of primary amides is 1. The third kappa shape index (κ3) is 16.6. The predicted octanol–water partition coefficient (Wildman–Crippen LogP) is 7.91. The number of methoxy groups -OCH3 is 1. The largest absolute Gasteiger partial charge is 0.493 e. The van der Waals surface area contributed by atoms with Crippen LogP contribution in [0.4, 0.5) is 26.7 Å². The molecule has 24 heteroatoms. The van der Waals surface area contributed by atoms with Crippen molar-refractivity contribution in [2.24, 2.45) is 11.7 Å². The van der Waals surface area contributed by atoms with Gasteiger partial charge in [0, 0.05) is 86.2 Å². The van der Waals surface area contributed by atoms with Crippen LogP contribution in [0.25, 0.3) is 10.8 Å². The molecule has 0 aliphatic carbocycles. The number of amides is 10. The number of unbranched alkanes of at least 4 members (excludes halogenated alkanes) is 4. The number of alkyl halides is 1. The molecule has 23 nitrogen and oxygen atoms in total. The molecule has 0 radical (unpaired) electrons. The Hall–Kier alpha value is -8.44. The third-order valence-corrected chi connectivity index (χ3v) is 16.5. The first kappa shape index (κ1) is 66.5. The van der Waals surface area contributed by atoms with Gasteiger partial charge >= 0.3 is 12.1 Å². The lowest BCUT2D eigenvalue weighted by atomic mass is 9.95. The van der Waals surface area contributed by atoms with E-state index in [0.717, 1.165) is 37.4 Å². The number of fused-ring (bicyclic) bond motifs is 5. The highest BCUT2D eigenvalue weighted by molar-refractivity contribution is 6.19. The van der Waals surface area contributed by atoms with Crippen molar-refractivity contribution in [3.05, 3.63) is 95.6 Å². The van der Waals surface area contributed by atoms with E-state index in [1.807, 2.05) is 30.3 Å². The Kier molecular flexibility index (Phi) is 22.6. The highest BCUT2D eigenvalue weighted by Crippen LogP contribution is 2.47. The highest BCUT2D eigenvalue weighted by Gasteiger charge is 2.46. The van der Waals surface area contributed by atoms with Gasteiger partial charge in [-0.1, -0.05) is 56.7 Å². The van der Waals surface area contributed by atoms with Gasteiger partial charge in [0.2, 0.25) is 23.6 Å². The van der Waals surface area contributed by atoms with Gasteiger partial charge in [-0.15, -0.1) is 11.6 Å². The van der Waals surface area contributed by atoms with Crippen LogP contribution in [0.1, 0.15) is 139 Å². The fourth-order valence-corrected chi connectivity index (χ4v) is 11.8. The zero-order valence-corrected chi connectivity index (χ0v) is 52.2. The zero-order chi connectivity index (χ0) is 64.1. The molecule has 4 aliphatic rings. The molecule has 1 unspecified atom stereocenters. The number of nitrogens with zero attached hydrogens (tertiary/aromatic N) is 4. The number of urea groups is 1. The highest BCUT2D eigenvalue weighted by atomic mass is 35.5. The molecule has 0 aromatic heterocycles. The second kappa shape index (κ2) is 30.2. The molecule has 1 fully saturated rings. The molecule has 1 saturated heterocycles. The second-order valence-corrected chi connectivity index (χ2v) is 24.4. The van der Waals surface area contributed by atoms with Gasteiger partial charge in [-0.05, 0) is 119 Å². The number of carbonyl (C=O) groups excluding carboxylic acids is 9. The van der Waals surface area contributed by atoms with Crippen LogP contribution in [0.2, 0.25) is 0 Å². The van der Waals surface area contributed by atoms with E-state index in [1.165, 1.54) is 25.3 Å². The van der Waals surface area contributed by atoms with E-state index in [-0.39, 0.29) is 110 Å². The average Bonchev–Trinajstić information content (AvgIpc) is 1.70. The van der Waals surface area contributed by atoms with Gasteiger partial charge in [-0.2, -0.15) is 0 Å².